The van der Waals surface area contributed by atoms with Gasteiger partial charge in [0.25, 0.3) is 0 Å². The summed E-state index contributed by atoms with van der Waals surface area (Å²) in [5.74, 6) is -1.96. The molecular weight excluding hydrogens is 663 g/mol. The van der Waals surface area contributed by atoms with Crippen molar-refractivity contribution in [2.24, 2.45) is 9.98 Å². The molecule has 13 heteroatoms. The number of hydrogen-bond acceptors (Lipinski definition) is 8. The first-order valence-corrected chi connectivity index (χ1v) is 10.4. The molecule has 1 radical (unpaired) electrons. The number of carbonyl (C=O) groups excluding carboxylic acids is 1. The molecule has 0 aliphatic carbocycles. The summed E-state index contributed by atoms with van der Waals surface area (Å²) in [5, 5.41) is 18.8. The minimum absolute atomic E-state index is 0. The van der Waals surface area contributed by atoms with E-state index >= 15 is 0 Å². The van der Waals surface area contributed by atoms with Crippen LogP contribution in [0.3, 0.4) is 0 Å². The molecule has 0 aliphatic heterocycles. The zero-order chi connectivity index (χ0) is 21.8. The summed E-state index contributed by atoms with van der Waals surface area (Å²) in [6.07, 6.45) is 1.91. The van der Waals surface area contributed by atoms with E-state index in [-0.39, 0.29) is 36.6 Å². The number of carbonyl (C=O) groups is 2. The monoisotopic (exact) mass is 684 g/mol. The Labute approximate surface area is 212 Å². The van der Waals surface area contributed by atoms with E-state index in [0.29, 0.717) is 30.9 Å². The molecule has 1 aromatic heterocycles. The van der Waals surface area contributed by atoms with E-state index in [1.54, 1.807) is 24.4 Å². The van der Waals surface area contributed by atoms with Crippen molar-refractivity contribution in [2.45, 2.75) is 38.0 Å². The standard InChI is InChI=1S/C17H21I2N5O5.Mn/c1-20-7-5-14(16(26)27)23(18)9-12-3-2-4-13(22-12)10-24(19)15(17(28)29)6-8-21-11-25;/h2-4,14-15H,1,5-10H2,(H,26,27)(H,28,29);. The minimum atomic E-state index is -1.02. The summed E-state index contributed by atoms with van der Waals surface area (Å²) >= 11 is 3.87. The molecule has 2 unspecified atom stereocenters. The van der Waals surface area contributed by atoms with Gasteiger partial charge in [-0.1, -0.05) is 6.07 Å². The van der Waals surface area contributed by atoms with Crippen molar-refractivity contribution in [2.75, 3.05) is 13.1 Å². The van der Waals surface area contributed by atoms with Crippen LogP contribution in [0.5, 0.6) is 0 Å². The van der Waals surface area contributed by atoms with Gasteiger partial charge in [0.05, 0.1) is 31.0 Å². The van der Waals surface area contributed by atoms with Gasteiger partial charge in [0.1, 0.15) is 12.1 Å². The first-order chi connectivity index (χ1) is 13.8. The molecule has 1 heterocycles. The first-order valence-electron chi connectivity index (χ1n) is 8.51. The minimum Gasteiger partial charge on any atom is -0.480 e. The van der Waals surface area contributed by atoms with Crippen molar-refractivity contribution in [3.63, 3.8) is 0 Å². The van der Waals surface area contributed by atoms with Crippen molar-refractivity contribution in [3.8, 4) is 0 Å². The van der Waals surface area contributed by atoms with Crippen LogP contribution >= 0.6 is 45.7 Å². The van der Waals surface area contributed by atoms with E-state index in [0.717, 1.165) is 0 Å². The summed E-state index contributed by atoms with van der Waals surface area (Å²) in [6.45, 7) is 4.37. The van der Waals surface area contributed by atoms with Crippen LogP contribution in [0.1, 0.15) is 24.2 Å². The molecule has 165 valence electrons. The molecule has 2 N–H and O–H groups in total. The number of rotatable bonds is 14. The second kappa shape index (κ2) is 15.8. The Morgan fingerprint density at radius 3 is 1.93 bits per heavy atom. The van der Waals surface area contributed by atoms with Crippen LogP contribution in [-0.4, -0.2) is 71.3 Å². The molecule has 0 amide bonds. The van der Waals surface area contributed by atoms with Gasteiger partial charge in [0, 0.05) is 69.3 Å². The van der Waals surface area contributed by atoms with E-state index in [1.165, 1.54) is 6.08 Å². The van der Waals surface area contributed by atoms with Gasteiger partial charge in [-0.05, 0) is 31.7 Å². The van der Waals surface area contributed by atoms with Crippen LogP contribution in [0.25, 0.3) is 0 Å². The fourth-order valence-electron chi connectivity index (χ4n) is 2.45. The van der Waals surface area contributed by atoms with Crippen molar-refractivity contribution >= 4 is 70.5 Å². The second-order valence-corrected chi connectivity index (χ2v) is 8.42. The predicted octanol–water partition coefficient (Wildman–Crippen LogP) is 2.11. The Bertz CT molecular complexity index is 766. The first kappa shape index (κ1) is 29.0. The number of carboxylic acid groups (broad SMARTS) is 2. The summed E-state index contributed by atoms with van der Waals surface area (Å²) in [6, 6.07) is 3.79. The van der Waals surface area contributed by atoms with Gasteiger partial charge >= 0.3 is 11.9 Å². The van der Waals surface area contributed by atoms with E-state index in [2.05, 4.69) is 21.7 Å². The summed E-state index contributed by atoms with van der Waals surface area (Å²) in [4.78, 5) is 44.8. The van der Waals surface area contributed by atoms with Gasteiger partial charge < -0.3 is 15.2 Å². The van der Waals surface area contributed by atoms with Crippen molar-refractivity contribution in [3.05, 3.63) is 29.6 Å². The molecule has 30 heavy (non-hydrogen) atoms. The number of halogens is 2. The molecule has 2 atom stereocenters. The van der Waals surface area contributed by atoms with Crippen LogP contribution in [0, 0.1) is 0 Å². The average molecular weight is 684 g/mol. The fraction of sp³-hybridized carbons (Fsp3) is 0.471. The number of isocyanates is 1. The molecule has 0 saturated carbocycles. The summed E-state index contributed by atoms with van der Waals surface area (Å²) in [7, 11) is 0. The molecule has 10 nitrogen and oxygen atoms in total. The third kappa shape index (κ3) is 10.4. The maximum absolute atomic E-state index is 11.5. The van der Waals surface area contributed by atoms with Crippen molar-refractivity contribution in [1.82, 2.24) is 11.2 Å². The predicted molar refractivity (Wildman–Crippen MR) is 123 cm³/mol. The Morgan fingerprint density at radius 2 is 1.53 bits per heavy atom. The van der Waals surface area contributed by atoms with E-state index in [9.17, 15) is 24.6 Å². The third-order valence-electron chi connectivity index (χ3n) is 3.88. The van der Waals surface area contributed by atoms with Crippen molar-refractivity contribution in [1.29, 1.82) is 0 Å². The van der Waals surface area contributed by atoms with Gasteiger partial charge in [-0.2, -0.15) is 0 Å². The zero-order valence-corrected chi connectivity index (χ0v) is 21.3. The van der Waals surface area contributed by atoms with Crippen LogP contribution in [0.2, 0.25) is 0 Å². The van der Waals surface area contributed by atoms with Crippen molar-refractivity contribution < 1.29 is 41.7 Å². The number of pyridine rings is 1. The van der Waals surface area contributed by atoms with Gasteiger partial charge in [-0.3, -0.25) is 14.6 Å². The summed E-state index contributed by atoms with van der Waals surface area (Å²) in [5.41, 5.74) is 1.31. The van der Waals surface area contributed by atoms with E-state index in [4.69, 9.17) is 0 Å². The molecule has 1 rings (SSSR count). The Morgan fingerprint density at radius 1 is 1.07 bits per heavy atom. The van der Waals surface area contributed by atoms with E-state index in [1.807, 2.05) is 45.7 Å². The van der Waals surface area contributed by atoms with Gasteiger partial charge in [-0.15, -0.1) is 0 Å². The second-order valence-electron chi connectivity index (χ2n) is 5.94. The van der Waals surface area contributed by atoms with Crippen LogP contribution in [0.15, 0.2) is 28.2 Å². The van der Waals surface area contributed by atoms with E-state index < -0.39 is 24.0 Å². The Kier molecular flexibility index (Phi) is 15.3. The zero-order valence-electron chi connectivity index (χ0n) is 15.8. The SMILES string of the molecule is C=NCCC(C(=O)O)N(I)Cc1cccc(CN(I)C(CCN=C=O)C(=O)O)n1.[Mn]. The third-order valence-corrected chi connectivity index (χ3v) is 5.90. The maximum atomic E-state index is 11.5. The number of aliphatic carboxylic acids is 2. The molecule has 0 spiro atoms. The summed E-state index contributed by atoms with van der Waals surface area (Å²) < 4.78 is 3.24. The van der Waals surface area contributed by atoms with Crippen LogP contribution in [0.4, 0.5) is 0 Å². The maximum Gasteiger partial charge on any atom is 0.321 e. The van der Waals surface area contributed by atoms with Crippen LogP contribution < -0.4 is 0 Å². The Hall–Kier alpha value is -0.961. The average Bonchev–Trinajstić information content (AvgIpc) is 2.65. The molecular formula is C17H21I2MnN5O5. The molecule has 0 aromatic carbocycles. The molecule has 0 aliphatic rings. The largest absolute Gasteiger partial charge is 0.480 e. The number of carboxylic acids is 2. The number of aliphatic imine (C=N–C) groups is 2. The number of hydrogen-bond donors (Lipinski definition) is 2. The molecule has 0 bridgehead atoms. The number of aromatic nitrogens is 1. The smallest absolute Gasteiger partial charge is 0.321 e. The molecule has 1 aromatic rings. The quantitative estimate of drug-likeness (QED) is 0.100. The Balaban J connectivity index is 0.00000841. The van der Waals surface area contributed by atoms with Gasteiger partial charge in [-0.25, -0.2) is 16.0 Å². The van der Waals surface area contributed by atoms with Crippen LogP contribution in [-0.2, 0) is 44.5 Å². The normalized spacial score (nSPS) is 12.5. The van der Waals surface area contributed by atoms with Gasteiger partial charge in [0.15, 0.2) is 0 Å². The fourth-order valence-corrected chi connectivity index (χ4v) is 4.18. The topological polar surface area (TPSA) is 136 Å². The molecule has 0 fully saturated rings. The number of nitrogens with zero attached hydrogens (tertiary/aromatic N) is 5. The molecule has 0 saturated heterocycles. The van der Waals surface area contributed by atoms with Gasteiger partial charge in [0.2, 0.25) is 6.08 Å².